The Morgan fingerprint density at radius 2 is 1.86 bits per heavy atom. The predicted octanol–water partition coefficient (Wildman–Crippen LogP) is 4.43. The predicted molar refractivity (Wildman–Crippen MR) is 93.1 cm³/mol. The summed E-state index contributed by atoms with van der Waals surface area (Å²) < 4.78 is 0. The summed E-state index contributed by atoms with van der Waals surface area (Å²) in [6, 6.07) is 19.2. The molecule has 2 nitrogen and oxygen atoms in total. The zero-order valence-electron chi connectivity index (χ0n) is 12.2. The summed E-state index contributed by atoms with van der Waals surface area (Å²) in [5.74, 6) is 0. The number of fused-ring (bicyclic) bond motifs is 1. The molecule has 2 aromatic carbocycles. The van der Waals surface area contributed by atoms with Crippen molar-refractivity contribution in [1.82, 2.24) is 0 Å². The highest BCUT2D eigenvalue weighted by molar-refractivity contribution is 7.10. The van der Waals surface area contributed by atoms with Crippen LogP contribution in [0.2, 0.25) is 0 Å². The summed E-state index contributed by atoms with van der Waals surface area (Å²) in [4.78, 5) is 3.61. The quantitative estimate of drug-likeness (QED) is 0.755. The third-order valence-corrected chi connectivity index (χ3v) is 4.82. The molecule has 0 spiro atoms. The molecule has 0 radical (unpaired) electrons. The van der Waals surface area contributed by atoms with Crippen LogP contribution in [-0.2, 0) is 0 Å². The largest absolute Gasteiger partial charge is 0.369 e. The van der Waals surface area contributed by atoms with Crippen LogP contribution in [0.3, 0.4) is 0 Å². The number of rotatable bonds is 5. The topological polar surface area (TPSA) is 29.3 Å². The van der Waals surface area contributed by atoms with Gasteiger partial charge < -0.3 is 10.6 Å². The molecule has 3 rings (SSSR count). The molecule has 1 unspecified atom stereocenters. The zero-order valence-corrected chi connectivity index (χ0v) is 13.0. The Morgan fingerprint density at radius 3 is 2.62 bits per heavy atom. The van der Waals surface area contributed by atoms with Crippen LogP contribution < -0.4 is 10.6 Å². The molecule has 0 aliphatic carbocycles. The number of benzene rings is 2. The molecule has 1 heterocycles. The molecule has 1 atom stereocenters. The van der Waals surface area contributed by atoms with E-state index in [-0.39, 0.29) is 6.04 Å². The number of hydrogen-bond acceptors (Lipinski definition) is 3. The lowest BCUT2D eigenvalue weighted by Crippen LogP contribution is -2.31. The van der Waals surface area contributed by atoms with Gasteiger partial charge in [0.05, 0.1) is 6.04 Å². The second kappa shape index (κ2) is 6.29. The standard InChI is InChI=1S/C18H20N2S/c1-2-20(13-16(19)18-11-6-12-21-18)17-10-5-8-14-7-3-4-9-15(14)17/h3-12,16H,2,13,19H2,1H3. The number of nitrogens with two attached hydrogens (primary N) is 1. The Labute approximate surface area is 129 Å². The lowest BCUT2D eigenvalue weighted by atomic mass is 10.1. The van der Waals surface area contributed by atoms with E-state index in [1.807, 2.05) is 0 Å². The van der Waals surface area contributed by atoms with E-state index in [0.29, 0.717) is 0 Å². The van der Waals surface area contributed by atoms with Crippen molar-refractivity contribution >= 4 is 27.8 Å². The van der Waals surface area contributed by atoms with E-state index in [4.69, 9.17) is 5.73 Å². The summed E-state index contributed by atoms with van der Waals surface area (Å²) >= 11 is 1.73. The van der Waals surface area contributed by atoms with Crippen molar-refractivity contribution in [3.05, 3.63) is 64.9 Å². The number of hydrogen-bond donors (Lipinski definition) is 1. The molecular formula is C18H20N2S. The zero-order chi connectivity index (χ0) is 14.7. The minimum Gasteiger partial charge on any atom is -0.369 e. The molecule has 0 aliphatic heterocycles. The number of thiophene rings is 1. The Morgan fingerprint density at radius 1 is 1.05 bits per heavy atom. The first-order valence-electron chi connectivity index (χ1n) is 7.31. The average Bonchev–Trinajstić information content (AvgIpc) is 3.06. The molecule has 108 valence electrons. The molecule has 2 N–H and O–H groups in total. The van der Waals surface area contributed by atoms with E-state index in [0.717, 1.165) is 13.1 Å². The Hall–Kier alpha value is -1.84. The van der Waals surface area contributed by atoms with Gasteiger partial charge in [0.15, 0.2) is 0 Å². The van der Waals surface area contributed by atoms with Crippen molar-refractivity contribution in [2.45, 2.75) is 13.0 Å². The molecule has 0 saturated heterocycles. The summed E-state index contributed by atoms with van der Waals surface area (Å²) in [7, 11) is 0. The van der Waals surface area contributed by atoms with Crippen LogP contribution in [0.1, 0.15) is 17.8 Å². The molecule has 1 aromatic heterocycles. The molecule has 0 fully saturated rings. The lowest BCUT2D eigenvalue weighted by Gasteiger charge is -2.27. The van der Waals surface area contributed by atoms with E-state index in [9.17, 15) is 0 Å². The van der Waals surface area contributed by atoms with Gasteiger partial charge in [-0.15, -0.1) is 11.3 Å². The fourth-order valence-corrected chi connectivity index (χ4v) is 3.43. The van der Waals surface area contributed by atoms with Crippen molar-refractivity contribution in [3.8, 4) is 0 Å². The first-order valence-corrected chi connectivity index (χ1v) is 8.19. The van der Waals surface area contributed by atoms with E-state index in [2.05, 4.69) is 71.8 Å². The summed E-state index contributed by atoms with van der Waals surface area (Å²) in [5.41, 5.74) is 7.63. The van der Waals surface area contributed by atoms with Crippen LogP contribution in [0.15, 0.2) is 60.0 Å². The molecule has 0 aliphatic rings. The molecular weight excluding hydrogens is 276 g/mol. The monoisotopic (exact) mass is 296 g/mol. The van der Waals surface area contributed by atoms with Gasteiger partial charge in [-0.1, -0.05) is 42.5 Å². The second-order valence-corrected chi connectivity index (χ2v) is 6.14. The number of likely N-dealkylation sites (N-methyl/N-ethyl adjacent to an activating group) is 1. The van der Waals surface area contributed by atoms with E-state index >= 15 is 0 Å². The highest BCUT2D eigenvalue weighted by Crippen LogP contribution is 2.28. The van der Waals surface area contributed by atoms with Gasteiger partial charge in [0, 0.05) is 29.0 Å². The van der Waals surface area contributed by atoms with E-state index < -0.39 is 0 Å². The van der Waals surface area contributed by atoms with Crippen molar-refractivity contribution in [3.63, 3.8) is 0 Å². The van der Waals surface area contributed by atoms with Gasteiger partial charge in [-0.25, -0.2) is 0 Å². The van der Waals surface area contributed by atoms with Crippen LogP contribution in [0.5, 0.6) is 0 Å². The third kappa shape index (κ3) is 2.94. The highest BCUT2D eigenvalue weighted by atomic mass is 32.1. The van der Waals surface area contributed by atoms with Gasteiger partial charge in [0.1, 0.15) is 0 Å². The summed E-state index contributed by atoms with van der Waals surface area (Å²) in [6.45, 7) is 3.97. The average molecular weight is 296 g/mol. The van der Waals surface area contributed by atoms with Crippen molar-refractivity contribution in [2.75, 3.05) is 18.0 Å². The van der Waals surface area contributed by atoms with Gasteiger partial charge in [-0.3, -0.25) is 0 Å². The minimum atomic E-state index is 0.0592. The van der Waals surface area contributed by atoms with Crippen molar-refractivity contribution < 1.29 is 0 Å². The van der Waals surface area contributed by atoms with Gasteiger partial charge in [0.25, 0.3) is 0 Å². The Bertz CT molecular complexity index is 701. The minimum absolute atomic E-state index is 0.0592. The second-order valence-electron chi connectivity index (χ2n) is 5.16. The van der Waals surface area contributed by atoms with Gasteiger partial charge >= 0.3 is 0 Å². The number of nitrogens with zero attached hydrogens (tertiary/aromatic N) is 1. The summed E-state index contributed by atoms with van der Waals surface area (Å²) in [5, 5.41) is 4.65. The fraction of sp³-hybridized carbons (Fsp3) is 0.222. The first kappa shape index (κ1) is 14.1. The van der Waals surface area contributed by atoms with Gasteiger partial charge in [-0.05, 0) is 29.8 Å². The highest BCUT2D eigenvalue weighted by Gasteiger charge is 2.14. The van der Waals surface area contributed by atoms with Crippen molar-refractivity contribution in [1.29, 1.82) is 0 Å². The van der Waals surface area contributed by atoms with Gasteiger partial charge in [0.2, 0.25) is 0 Å². The van der Waals surface area contributed by atoms with Crippen LogP contribution in [-0.4, -0.2) is 13.1 Å². The molecule has 0 amide bonds. The smallest absolute Gasteiger partial charge is 0.0567 e. The molecule has 3 aromatic rings. The van der Waals surface area contributed by atoms with E-state index in [1.54, 1.807) is 11.3 Å². The Kier molecular flexibility index (Phi) is 4.23. The van der Waals surface area contributed by atoms with Crippen LogP contribution >= 0.6 is 11.3 Å². The molecule has 0 saturated carbocycles. The van der Waals surface area contributed by atoms with Crippen LogP contribution in [0.4, 0.5) is 5.69 Å². The fourth-order valence-electron chi connectivity index (χ4n) is 2.71. The van der Waals surface area contributed by atoms with Crippen molar-refractivity contribution in [2.24, 2.45) is 5.73 Å². The maximum absolute atomic E-state index is 6.37. The normalized spacial score (nSPS) is 12.5. The maximum atomic E-state index is 6.37. The van der Waals surface area contributed by atoms with Crippen LogP contribution in [0, 0.1) is 0 Å². The molecule has 21 heavy (non-hydrogen) atoms. The van der Waals surface area contributed by atoms with Crippen LogP contribution in [0.25, 0.3) is 10.8 Å². The molecule has 0 bridgehead atoms. The van der Waals surface area contributed by atoms with Gasteiger partial charge in [-0.2, -0.15) is 0 Å². The first-order chi connectivity index (χ1) is 10.3. The maximum Gasteiger partial charge on any atom is 0.0567 e. The lowest BCUT2D eigenvalue weighted by molar-refractivity contribution is 0.688. The Balaban J connectivity index is 1.91. The third-order valence-electron chi connectivity index (χ3n) is 3.81. The SMILES string of the molecule is CCN(CC(N)c1cccs1)c1cccc2ccccc12. The molecule has 3 heteroatoms. The summed E-state index contributed by atoms with van der Waals surface area (Å²) in [6.07, 6.45) is 0. The number of anilines is 1. The van der Waals surface area contributed by atoms with E-state index in [1.165, 1.54) is 21.3 Å².